The number of likely N-dealkylation sites (N-methyl/N-ethyl adjacent to an activating group) is 1. The first-order valence-electron chi connectivity index (χ1n) is 11.7. The van der Waals surface area contributed by atoms with Gasteiger partial charge in [-0.3, -0.25) is 4.79 Å². The number of methoxy groups -OCH3 is 1. The smallest absolute Gasteiger partial charge is 0.216 e. The third-order valence-electron chi connectivity index (χ3n) is 4.92. The summed E-state index contributed by atoms with van der Waals surface area (Å²) < 4.78 is 5.22. The van der Waals surface area contributed by atoms with Crippen molar-refractivity contribution in [2.24, 2.45) is 5.16 Å². The van der Waals surface area contributed by atoms with Gasteiger partial charge in [-0.15, -0.1) is 0 Å². The van der Waals surface area contributed by atoms with Crippen molar-refractivity contribution in [1.29, 1.82) is 0 Å². The maximum Gasteiger partial charge on any atom is 0.216 e. The van der Waals surface area contributed by atoms with Crippen LogP contribution in [0.5, 0.6) is 0 Å². The normalized spacial score (nSPS) is 11.4. The van der Waals surface area contributed by atoms with Crippen molar-refractivity contribution in [1.82, 2.24) is 10.2 Å². The zero-order valence-electron chi connectivity index (χ0n) is 21.8. The molecule has 2 rings (SSSR count). The SMILES string of the molecule is C=O.CCCN(C)CCNC(C)=O.COCC(C/C(C)=N/O)Nc1ccc(-c2ccccc2)cc1. The Hall–Kier alpha value is -3.23. The second kappa shape index (κ2) is 20.2. The van der Waals surface area contributed by atoms with E-state index in [1.807, 2.05) is 25.0 Å². The molecule has 1 atom stereocenters. The van der Waals surface area contributed by atoms with Gasteiger partial charge in [0.2, 0.25) is 5.91 Å². The second-order valence-electron chi connectivity index (χ2n) is 8.07. The van der Waals surface area contributed by atoms with Crippen molar-refractivity contribution in [3.63, 3.8) is 0 Å². The fraction of sp³-hybridized carbons (Fsp3) is 0.444. The standard InChI is InChI=1S/C18H22N2O2.C8H18N2O.CH2O/c1-14(20-21)12-18(13-22-2)19-17-10-8-16(9-11-17)15-6-4-3-5-7-15;1-4-6-10(3)7-5-9-8(2)11;1-2/h3-11,18-19,21H,12-13H2,1-2H3;4-7H2,1-3H3,(H,9,11);1H2/b20-14+;;. The highest BCUT2D eigenvalue weighted by molar-refractivity contribution is 5.82. The summed E-state index contributed by atoms with van der Waals surface area (Å²) in [6.07, 6.45) is 1.79. The highest BCUT2D eigenvalue weighted by atomic mass is 16.5. The number of oxime groups is 1. The van der Waals surface area contributed by atoms with E-state index >= 15 is 0 Å². The number of benzene rings is 2. The molecule has 35 heavy (non-hydrogen) atoms. The minimum atomic E-state index is 0.0508. The zero-order valence-corrected chi connectivity index (χ0v) is 21.8. The number of rotatable bonds is 12. The monoisotopic (exact) mass is 486 g/mol. The number of hydrogen-bond acceptors (Lipinski definition) is 7. The molecule has 2 aromatic carbocycles. The highest BCUT2D eigenvalue weighted by Gasteiger charge is 2.10. The average Bonchev–Trinajstić information content (AvgIpc) is 2.86. The summed E-state index contributed by atoms with van der Waals surface area (Å²) in [5.74, 6) is 0.0508. The number of hydrogen-bond donors (Lipinski definition) is 3. The molecule has 0 aliphatic carbocycles. The van der Waals surface area contributed by atoms with Crippen molar-refractivity contribution in [3.8, 4) is 11.1 Å². The van der Waals surface area contributed by atoms with Crippen LogP contribution in [0.3, 0.4) is 0 Å². The van der Waals surface area contributed by atoms with Crippen molar-refractivity contribution in [2.45, 2.75) is 39.7 Å². The van der Waals surface area contributed by atoms with E-state index in [2.05, 4.69) is 71.1 Å². The Kier molecular flexibility index (Phi) is 18.3. The molecule has 0 saturated heterocycles. The van der Waals surface area contributed by atoms with Gasteiger partial charge in [-0.25, -0.2) is 0 Å². The van der Waals surface area contributed by atoms with Crippen molar-refractivity contribution < 1.29 is 19.5 Å². The number of nitrogens with one attached hydrogen (secondary N) is 2. The van der Waals surface area contributed by atoms with E-state index in [-0.39, 0.29) is 11.9 Å². The van der Waals surface area contributed by atoms with Gasteiger partial charge in [0.05, 0.1) is 18.4 Å². The van der Waals surface area contributed by atoms with Gasteiger partial charge < -0.3 is 30.3 Å². The summed E-state index contributed by atoms with van der Waals surface area (Å²) in [5, 5.41) is 18.2. The third kappa shape index (κ3) is 15.3. The predicted molar refractivity (Wildman–Crippen MR) is 144 cm³/mol. The number of carbonyl (C=O) groups is 2. The molecule has 1 unspecified atom stereocenters. The Balaban J connectivity index is 0.000000754. The van der Waals surface area contributed by atoms with Crippen LogP contribution in [0.4, 0.5) is 5.69 Å². The van der Waals surface area contributed by atoms with Crippen LogP contribution in [0.1, 0.15) is 33.6 Å². The van der Waals surface area contributed by atoms with Crippen molar-refractivity contribution in [2.75, 3.05) is 45.7 Å². The van der Waals surface area contributed by atoms with Gasteiger partial charge in [-0.1, -0.05) is 54.5 Å². The Morgan fingerprint density at radius 3 is 2.17 bits per heavy atom. The van der Waals surface area contributed by atoms with E-state index in [1.54, 1.807) is 21.0 Å². The van der Waals surface area contributed by atoms with E-state index in [0.29, 0.717) is 18.7 Å². The van der Waals surface area contributed by atoms with Crippen molar-refractivity contribution in [3.05, 3.63) is 54.6 Å². The van der Waals surface area contributed by atoms with Crippen LogP contribution in [0.15, 0.2) is 59.8 Å². The van der Waals surface area contributed by atoms with Crippen LogP contribution < -0.4 is 10.6 Å². The van der Waals surface area contributed by atoms with E-state index in [4.69, 9.17) is 14.7 Å². The Labute approximate surface area is 210 Å². The van der Waals surface area contributed by atoms with Crippen LogP contribution in [0.25, 0.3) is 11.1 Å². The molecule has 0 heterocycles. The first-order chi connectivity index (χ1) is 16.9. The number of nitrogens with zero attached hydrogens (tertiary/aromatic N) is 2. The average molecular weight is 487 g/mol. The minimum Gasteiger partial charge on any atom is -0.411 e. The summed E-state index contributed by atoms with van der Waals surface area (Å²) >= 11 is 0. The molecule has 3 N–H and O–H groups in total. The van der Waals surface area contributed by atoms with Gasteiger partial charge in [0, 0.05) is 39.2 Å². The molecule has 8 heteroatoms. The Bertz CT molecular complexity index is 829. The van der Waals surface area contributed by atoms with E-state index < -0.39 is 0 Å². The number of ether oxygens (including phenoxy) is 1. The lowest BCUT2D eigenvalue weighted by atomic mass is 10.1. The maximum atomic E-state index is 10.5. The molecule has 0 radical (unpaired) electrons. The van der Waals surface area contributed by atoms with E-state index in [1.165, 1.54) is 11.1 Å². The summed E-state index contributed by atoms with van der Waals surface area (Å²) in [6, 6.07) is 18.6. The maximum absolute atomic E-state index is 10.5. The van der Waals surface area contributed by atoms with E-state index in [9.17, 15) is 4.79 Å². The number of carbonyl (C=O) groups excluding carboxylic acids is 2. The molecule has 0 spiro atoms. The molecular formula is C27H42N4O4. The van der Waals surface area contributed by atoms with Crippen LogP contribution in [0.2, 0.25) is 0 Å². The van der Waals surface area contributed by atoms with Crippen LogP contribution in [-0.2, 0) is 14.3 Å². The topological polar surface area (TPSA) is 103 Å². The molecule has 0 saturated carbocycles. The summed E-state index contributed by atoms with van der Waals surface area (Å²) in [7, 11) is 3.73. The molecule has 2 aromatic rings. The zero-order chi connectivity index (χ0) is 26.5. The molecule has 0 bridgehead atoms. The largest absolute Gasteiger partial charge is 0.411 e. The quantitative estimate of drug-likeness (QED) is 0.235. The minimum absolute atomic E-state index is 0.0508. The van der Waals surface area contributed by atoms with Gasteiger partial charge in [0.15, 0.2) is 0 Å². The molecule has 0 aliphatic rings. The molecule has 194 valence electrons. The van der Waals surface area contributed by atoms with Gasteiger partial charge in [0.1, 0.15) is 6.79 Å². The molecule has 8 nitrogen and oxygen atoms in total. The Morgan fingerprint density at radius 2 is 1.66 bits per heavy atom. The predicted octanol–water partition coefficient (Wildman–Crippen LogP) is 4.30. The Morgan fingerprint density at radius 1 is 1.06 bits per heavy atom. The van der Waals surface area contributed by atoms with Crippen LogP contribution >= 0.6 is 0 Å². The number of anilines is 1. The molecule has 0 aromatic heterocycles. The first-order valence-corrected chi connectivity index (χ1v) is 11.7. The second-order valence-corrected chi connectivity index (χ2v) is 8.07. The third-order valence-corrected chi connectivity index (χ3v) is 4.92. The fourth-order valence-corrected chi connectivity index (χ4v) is 3.29. The molecule has 1 amide bonds. The highest BCUT2D eigenvalue weighted by Crippen LogP contribution is 2.21. The molecule has 0 aliphatic heterocycles. The van der Waals surface area contributed by atoms with Gasteiger partial charge in [-0.05, 0) is 50.2 Å². The van der Waals surface area contributed by atoms with Gasteiger partial charge >= 0.3 is 0 Å². The van der Waals surface area contributed by atoms with Crippen molar-refractivity contribution >= 4 is 24.1 Å². The fourth-order valence-electron chi connectivity index (χ4n) is 3.29. The van der Waals surface area contributed by atoms with E-state index in [0.717, 1.165) is 31.7 Å². The molecule has 0 fully saturated rings. The van der Waals surface area contributed by atoms with Gasteiger partial charge in [-0.2, -0.15) is 0 Å². The van der Waals surface area contributed by atoms with Gasteiger partial charge in [0.25, 0.3) is 0 Å². The van der Waals surface area contributed by atoms with Crippen LogP contribution in [-0.4, -0.2) is 75.0 Å². The first kappa shape index (κ1) is 31.8. The lowest BCUT2D eigenvalue weighted by Crippen LogP contribution is -2.31. The summed E-state index contributed by atoms with van der Waals surface area (Å²) in [6.45, 7) is 10.8. The lowest BCUT2D eigenvalue weighted by Gasteiger charge is -2.19. The lowest BCUT2D eigenvalue weighted by molar-refractivity contribution is -0.119. The number of amides is 1. The molecular weight excluding hydrogens is 444 g/mol. The summed E-state index contributed by atoms with van der Waals surface area (Å²) in [4.78, 5) is 20.7. The van der Waals surface area contributed by atoms with Crippen LogP contribution in [0, 0.1) is 0 Å². The summed E-state index contributed by atoms with van der Waals surface area (Å²) in [5.41, 5.74) is 4.08.